The molecule has 29 heavy (non-hydrogen) atoms. The maximum absolute atomic E-state index is 13.3. The van der Waals surface area contributed by atoms with Gasteiger partial charge >= 0.3 is 12.2 Å². The molecule has 0 saturated carbocycles. The van der Waals surface area contributed by atoms with E-state index in [-0.39, 0.29) is 29.8 Å². The number of hydrogen-bond donors (Lipinski definition) is 3. The summed E-state index contributed by atoms with van der Waals surface area (Å²) in [6.45, 7) is 0.0359. The number of aromatic amines is 1. The van der Waals surface area contributed by atoms with Crippen LogP contribution < -0.4 is 15.8 Å². The summed E-state index contributed by atoms with van der Waals surface area (Å²) in [5, 5.41) is 12.5. The fourth-order valence-corrected chi connectivity index (χ4v) is 3.45. The Morgan fingerprint density at radius 1 is 1.10 bits per heavy atom. The molecule has 1 aromatic heterocycles. The highest BCUT2D eigenvalue weighted by Crippen LogP contribution is 2.36. The molecule has 0 bridgehead atoms. The summed E-state index contributed by atoms with van der Waals surface area (Å²) in [5.74, 6) is 0. The van der Waals surface area contributed by atoms with Crippen molar-refractivity contribution in [3.8, 4) is 11.3 Å². The number of pyridine rings is 1. The number of halogens is 3. The Labute approximate surface area is 162 Å². The molecule has 0 radical (unpaired) electrons. The lowest BCUT2D eigenvalue weighted by Crippen LogP contribution is -2.30. The van der Waals surface area contributed by atoms with E-state index in [1.54, 1.807) is 12.1 Å². The highest BCUT2D eigenvalue weighted by atomic mass is 19.4. The van der Waals surface area contributed by atoms with Crippen molar-refractivity contribution in [1.29, 1.82) is 0 Å². The van der Waals surface area contributed by atoms with Crippen molar-refractivity contribution in [2.45, 2.75) is 12.2 Å². The molecule has 0 aliphatic carbocycles. The molecular formula is C20H16F3N3O3. The molecule has 1 atom stereocenters. The molecule has 3 N–H and O–H groups in total. The van der Waals surface area contributed by atoms with Gasteiger partial charge in [0.15, 0.2) is 0 Å². The van der Waals surface area contributed by atoms with Gasteiger partial charge in [-0.05, 0) is 29.7 Å². The molecule has 1 fully saturated rings. The van der Waals surface area contributed by atoms with Crippen LogP contribution in [0.1, 0.15) is 5.56 Å². The Morgan fingerprint density at radius 3 is 2.55 bits per heavy atom. The largest absolute Gasteiger partial charge is 0.417 e. The van der Waals surface area contributed by atoms with Crippen LogP contribution >= 0.6 is 0 Å². The smallest absolute Gasteiger partial charge is 0.394 e. The van der Waals surface area contributed by atoms with E-state index in [4.69, 9.17) is 0 Å². The number of carbonyl (C=O) groups is 1. The molecule has 1 aliphatic rings. The number of carbonyl (C=O) groups excluding carboxylic acids is 1. The summed E-state index contributed by atoms with van der Waals surface area (Å²) in [6, 6.07) is 10.4. The minimum absolute atomic E-state index is 0.0578. The minimum atomic E-state index is -4.56. The summed E-state index contributed by atoms with van der Waals surface area (Å²) in [6.07, 6.45) is -4.56. The van der Waals surface area contributed by atoms with Crippen LogP contribution in [0.3, 0.4) is 0 Å². The van der Waals surface area contributed by atoms with Crippen LogP contribution in [-0.4, -0.2) is 35.3 Å². The molecular weight excluding hydrogens is 387 g/mol. The molecule has 1 saturated heterocycles. The molecule has 2 aromatic carbocycles. The number of alkyl halides is 3. The third kappa shape index (κ3) is 3.44. The first-order valence-electron chi connectivity index (χ1n) is 8.80. The number of amides is 2. The van der Waals surface area contributed by atoms with Gasteiger partial charge in [0.05, 0.1) is 24.8 Å². The van der Waals surface area contributed by atoms with E-state index in [0.29, 0.717) is 11.1 Å². The first-order chi connectivity index (χ1) is 13.8. The third-order valence-electron chi connectivity index (χ3n) is 4.86. The van der Waals surface area contributed by atoms with Gasteiger partial charge in [0, 0.05) is 22.3 Å². The van der Waals surface area contributed by atoms with Gasteiger partial charge in [-0.15, -0.1) is 0 Å². The minimum Gasteiger partial charge on any atom is -0.394 e. The van der Waals surface area contributed by atoms with Crippen molar-refractivity contribution in [2.24, 2.45) is 0 Å². The van der Waals surface area contributed by atoms with Crippen LogP contribution in [-0.2, 0) is 6.18 Å². The van der Waals surface area contributed by atoms with E-state index in [2.05, 4.69) is 10.3 Å². The van der Waals surface area contributed by atoms with E-state index in [0.717, 1.165) is 6.07 Å². The van der Waals surface area contributed by atoms with Crippen LogP contribution in [0.2, 0.25) is 0 Å². The van der Waals surface area contributed by atoms with Crippen LogP contribution in [0.15, 0.2) is 53.3 Å². The van der Waals surface area contributed by atoms with Crippen molar-refractivity contribution >= 4 is 22.5 Å². The quantitative estimate of drug-likeness (QED) is 0.628. The van der Waals surface area contributed by atoms with Gasteiger partial charge in [0.25, 0.3) is 5.56 Å². The number of fused-ring (bicyclic) bond motifs is 1. The third-order valence-corrected chi connectivity index (χ3v) is 4.86. The molecule has 4 rings (SSSR count). The Morgan fingerprint density at radius 2 is 1.86 bits per heavy atom. The number of aliphatic hydroxyl groups is 1. The van der Waals surface area contributed by atoms with Crippen molar-refractivity contribution < 1.29 is 23.1 Å². The van der Waals surface area contributed by atoms with E-state index in [1.807, 2.05) is 0 Å². The summed E-state index contributed by atoms with van der Waals surface area (Å²) >= 11 is 0. The second kappa shape index (κ2) is 6.93. The number of nitrogens with one attached hydrogen (secondary N) is 2. The second-order valence-corrected chi connectivity index (χ2v) is 6.77. The van der Waals surface area contributed by atoms with Gasteiger partial charge in [-0.1, -0.05) is 24.3 Å². The fourth-order valence-electron chi connectivity index (χ4n) is 3.45. The number of rotatable bonds is 3. The number of hydrogen-bond acceptors (Lipinski definition) is 3. The van der Waals surface area contributed by atoms with Crippen molar-refractivity contribution in [1.82, 2.24) is 10.3 Å². The van der Waals surface area contributed by atoms with Gasteiger partial charge in [0.2, 0.25) is 0 Å². The molecule has 0 spiro atoms. The highest BCUT2D eigenvalue weighted by molar-refractivity contribution is 5.97. The van der Waals surface area contributed by atoms with E-state index < -0.39 is 29.4 Å². The molecule has 9 heteroatoms. The average Bonchev–Trinajstić information content (AvgIpc) is 3.08. The first-order valence-corrected chi connectivity index (χ1v) is 8.80. The molecule has 0 unspecified atom stereocenters. The SMILES string of the molecule is O=C1N[C@@H](CO)CN1c1ccc2cc(-c3ccccc3C(F)(F)F)[nH]c(=O)c2c1. The van der Waals surface area contributed by atoms with Gasteiger partial charge < -0.3 is 15.4 Å². The van der Waals surface area contributed by atoms with Gasteiger partial charge in [-0.2, -0.15) is 13.2 Å². The summed E-state index contributed by atoms with van der Waals surface area (Å²) in [5.41, 5.74) is -1.000. The Hall–Kier alpha value is -3.33. The normalized spacial score (nSPS) is 17.0. The van der Waals surface area contributed by atoms with Crippen LogP contribution in [0.25, 0.3) is 22.0 Å². The molecule has 6 nitrogen and oxygen atoms in total. The number of anilines is 1. The topological polar surface area (TPSA) is 85.4 Å². The number of benzene rings is 2. The van der Waals surface area contributed by atoms with E-state index in [1.165, 1.54) is 35.2 Å². The zero-order valence-electron chi connectivity index (χ0n) is 15.0. The second-order valence-electron chi connectivity index (χ2n) is 6.77. The lowest BCUT2D eigenvalue weighted by Gasteiger charge is -2.16. The molecule has 1 aliphatic heterocycles. The van der Waals surface area contributed by atoms with Crippen LogP contribution in [0, 0.1) is 0 Å². The number of nitrogens with zero attached hydrogens (tertiary/aromatic N) is 1. The Bertz CT molecular complexity index is 1160. The summed E-state index contributed by atoms with van der Waals surface area (Å²) in [4.78, 5) is 28.6. The lowest BCUT2D eigenvalue weighted by molar-refractivity contribution is -0.137. The van der Waals surface area contributed by atoms with Gasteiger partial charge in [-0.25, -0.2) is 4.79 Å². The van der Waals surface area contributed by atoms with Crippen LogP contribution in [0.5, 0.6) is 0 Å². The zero-order valence-corrected chi connectivity index (χ0v) is 15.0. The Balaban J connectivity index is 1.79. The predicted molar refractivity (Wildman–Crippen MR) is 102 cm³/mol. The molecule has 2 heterocycles. The Kier molecular flexibility index (Phi) is 4.54. The molecule has 3 aromatic rings. The van der Waals surface area contributed by atoms with Crippen molar-refractivity contribution in [2.75, 3.05) is 18.1 Å². The monoisotopic (exact) mass is 403 g/mol. The van der Waals surface area contributed by atoms with Crippen molar-refractivity contribution in [3.05, 3.63) is 64.4 Å². The number of aliphatic hydroxyl groups excluding tert-OH is 1. The maximum atomic E-state index is 13.3. The molecule has 150 valence electrons. The number of H-pyrrole nitrogens is 1. The number of urea groups is 1. The van der Waals surface area contributed by atoms with Gasteiger partial charge in [-0.3, -0.25) is 9.69 Å². The predicted octanol–water partition coefficient (Wildman–Crippen LogP) is 3.10. The zero-order chi connectivity index (χ0) is 20.8. The number of aromatic nitrogens is 1. The molecule has 2 amide bonds. The standard InChI is InChI=1S/C20H16F3N3O3/c21-20(22,23)16-4-2-1-3-14(16)17-7-11-5-6-13(8-15(11)18(28)25-17)26-9-12(10-27)24-19(26)29/h1-8,12,27H,9-10H2,(H,24,29)(H,25,28)/t12-/m1/s1. The van der Waals surface area contributed by atoms with Crippen LogP contribution in [0.4, 0.5) is 23.7 Å². The lowest BCUT2D eigenvalue weighted by atomic mass is 10.0. The first kappa shape index (κ1) is 19.0. The summed E-state index contributed by atoms with van der Waals surface area (Å²) < 4.78 is 40.0. The summed E-state index contributed by atoms with van der Waals surface area (Å²) in [7, 11) is 0. The maximum Gasteiger partial charge on any atom is 0.417 e. The van der Waals surface area contributed by atoms with E-state index >= 15 is 0 Å². The van der Waals surface area contributed by atoms with Gasteiger partial charge in [0.1, 0.15) is 0 Å². The average molecular weight is 403 g/mol. The highest BCUT2D eigenvalue weighted by Gasteiger charge is 2.33. The van der Waals surface area contributed by atoms with E-state index in [9.17, 15) is 27.9 Å². The van der Waals surface area contributed by atoms with Crippen molar-refractivity contribution in [3.63, 3.8) is 0 Å². The fraction of sp³-hybridized carbons (Fsp3) is 0.200.